The summed E-state index contributed by atoms with van der Waals surface area (Å²) < 4.78 is 21.1. The Kier molecular flexibility index (Phi) is 7.60. The highest BCUT2D eigenvalue weighted by Crippen LogP contribution is 2.42. The van der Waals surface area contributed by atoms with E-state index < -0.39 is 17.7 Å². The van der Waals surface area contributed by atoms with Gasteiger partial charge in [-0.1, -0.05) is 6.07 Å². The van der Waals surface area contributed by atoms with Crippen molar-refractivity contribution in [2.75, 3.05) is 41.6 Å². The van der Waals surface area contributed by atoms with Crippen LogP contribution < -0.4 is 14.2 Å². The number of ether oxygens (including phenoxy) is 4. The van der Waals surface area contributed by atoms with E-state index in [9.17, 15) is 14.7 Å². The lowest BCUT2D eigenvalue weighted by molar-refractivity contribution is -0.140. The molecule has 8 heteroatoms. The van der Waals surface area contributed by atoms with Gasteiger partial charge < -0.3 is 29.0 Å². The predicted octanol–water partition coefficient (Wildman–Crippen LogP) is 3.48. The van der Waals surface area contributed by atoms with Crippen LogP contribution in [0.1, 0.15) is 29.2 Å². The number of nitrogens with zero attached hydrogens (tertiary/aromatic N) is 1. The summed E-state index contributed by atoms with van der Waals surface area (Å²) >= 11 is 0. The Morgan fingerprint density at radius 1 is 0.939 bits per heavy atom. The molecule has 3 rings (SSSR count). The molecule has 1 N–H and O–H groups in total. The van der Waals surface area contributed by atoms with Crippen LogP contribution in [0.2, 0.25) is 0 Å². The summed E-state index contributed by atoms with van der Waals surface area (Å²) in [6, 6.07) is 9.48. The first kappa shape index (κ1) is 24.1. The monoisotopic (exact) mass is 455 g/mol. The molecule has 1 aliphatic heterocycles. The molecule has 0 aromatic heterocycles. The quantitative estimate of drug-likeness (QED) is 0.268. The van der Waals surface area contributed by atoms with Gasteiger partial charge in [0.2, 0.25) is 0 Å². The molecule has 1 saturated heterocycles. The number of Topliss-reactive ketones (excluding diaryl/α,β-unsaturated/α-hetero) is 1. The Morgan fingerprint density at radius 2 is 1.61 bits per heavy atom. The van der Waals surface area contributed by atoms with Crippen molar-refractivity contribution in [3.8, 4) is 17.2 Å². The predicted molar refractivity (Wildman–Crippen MR) is 123 cm³/mol. The molecule has 0 saturated carbocycles. The average molecular weight is 456 g/mol. The number of aliphatic hydroxyl groups is 1. The molecular formula is C25H29NO7. The zero-order chi connectivity index (χ0) is 24.1. The van der Waals surface area contributed by atoms with Crippen molar-refractivity contribution < 1.29 is 33.6 Å². The summed E-state index contributed by atoms with van der Waals surface area (Å²) in [5, 5.41) is 11.2. The maximum atomic E-state index is 13.1. The molecule has 1 fully saturated rings. The van der Waals surface area contributed by atoms with Crippen LogP contribution in [-0.4, -0.2) is 63.3 Å². The van der Waals surface area contributed by atoms with Crippen LogP contribution in [0, 0.1) is 6.92 Å². The largest absolute Gasteiger partial charge is 0.507 e. The van der Waals surface area contributed by atoms with E-state index in [-0.39, 0.29) is 17.9 Å². The van der Waals surface area contributed by atoms with Gasteiger partial charge in [-0.2, -0.15) is 0 Å². The van der Waals surface area contributed by atoms with E-state index in [4.69, 9.17) is 18.9 Å². The van der Waals surface area contributed by atoms with Gasteiger partial charge in [0.25, 0.3) is 11.7 Å². The molecule has 33 heavy (non-hydrogen) atoms. The summed E-state index contributed by atoms with van der Waals surface area (Å²) in [5.74, 6) is -0.0203. The normalized spacial score (nSPS) is 17.4. The number of aryl methyl sites for hydroxylation is 1. The number of benzene rings is 2. The number of carbonyl (C=O) groups excluding carboxylic acids is 2. The summed E-state index contributed by atoms with van der Waals surface area (Å²) in [4.78, 5) is 27.6. The van der Waals surface area contributed by atoms with Crippen molar-refractivity contribution in [1.29, 1.82) is 0 Å². The number of hydrogen-bond donors (Lipinski definition) is 1. The maximum Gasteiger partial charge on any atom is 0.295 e. The molecule has 2 aromatic rings. The Hall–Kier alpha value is -3.52. The van der Waals surface area contributed by atoms with Crippen molar-refractivity contribution in [2.24, 2.45) is 0 Å². The lowest BCUT2D eigenvalue weighted by atomic mass is 9.94. The SMILES string of the molecule is COCCCN1C(=O)C(=O)/C(=C(/O)c2ccc(OC)c(C)c2)[C@@H]1c1ccc(OC)c(OC)c1. The second kappa shape index (κ2) is 10.4. The molecule has 0 radical (unpaired) electrons. The fourth-order valence-electron chi connectivity index (χ4n) is 4.04. The van der Waals surface area contributed by atoms with Crippen LogP contribution in [0.3, 0.4) is 0 Å². The van der Waals surface area contributed by atoms with Crippen LogP contribution in [0.4, 0.5) is 0 Å². The van der Waals surface area contributed by atoms with Gasteiger partial charge >= 0.3 is 0 Å². The molecule has 0 bridgehead atoms. The topological polar surface area (TPSA) is 94.5 Å². The van der Waals surface area contributed by atoms with Gasteiger partial charge in [-0.05, 0) is 54.8 Å². The van der Waals surface area contributed by atoms with Crippen LogP contribution >= 0.6 is 0 Å². The zero-order valence-electron chi connectivity index (χ0n) is 19.5. The molecule has 2 aromatic carbocycles. The second-order valence-corrected chi connectivity index (χ2v) is 7.64. The number of carbonyl (C=O) groups is 2. The van der Waals surface area contributed by atoms with Gasteiger partial charge in [0.1, 0.15) is 11.5 Å². The van der Waals surface area contributed by atoms with E-state index in [1.807, 2.05) is 6.92 Å². The molecule has 1 atom stereocenters. The third kappa shape index (κ3) is 4.66. The van der Waals surface area contributed by atoms with Gasteiger partial charge in [0.15, 0.2) is 11.5 Å². The molecule has 8 nitrogen and oxygen atoms in total. The first-order valence-electron chi connectivity index (χ1n) is 10.5. The first-order valence-corrected chi connectivity index (χ1v) is 10.5. The van der Waals surface area contributed by atoms with Crippen molar-refractivity contribution in [1.82, 2.24) is 4.90 Å². The van der Waals surface area contributed by atoms with Crippen LogP contribution in [0.25, 0.3) is 5.76 Å². The van der Waals surface area contributed by atoms with Gasteiger partial charge in [-0.25, -0.2) is 0 Å². The van der Waals surface area contributed by atoms with Gasteiger partial charge in [0.05, 0.1) is 32.9 Å². The highest BCUT2D eigenvalue weighted by molar-refractivity contribution is 6.46. The fraction of sp³-hybridized carbons (Fsp3) is 0.360. The maximum absolute atomic E-state index is 13.1. The highest BCUT2D eigenvalue weighted by atomic mass is 16.5. The second-order valence-electron chi connectivity index (χ2n) is 7.64. The van der Waals surface area contributed by atoms with Crippen LogP contribution in [0.15, 0.2) is 42.0 Å². The summed E-state index contributed by atoms with van der Waals surface area (Å²) in [6.45, 7) is 2.56. The molecular weight excluding hydrogens is 426 g/mol. The van der Waals surface area contributed by atoms with Crippen LogP contribution in [-0.2, 0) is 14.3 Å². The van der Waals surface area contributed by atoms with Gasteiger partial charge in [-0.15, -0.1) is 0 Å². The number of likely N-dealkylation sites (tertiary alicyclic amines) is 1. The zero-order valence-corrected chi connectivity index (χ0v) is 19.5. The van der Waals surface area contributed by atoms with E-state index >= 15 is 0 Å². The minimum atomic E-state index is -0.788. The van der Waals surface area contributed by atoms with E-state index in [0.717, 1.165) is 5.56 Å². The third-order valence-electron chi connectivity index (χ3n) is 5.68. The number of amides is 1. The Morgan fingerprint density at radius 3 is 2.21 bits per heavy atom. The third-order valence-corrected chi connectivity index (χ3v) is 5.68. The van der Waals surface area contributed by atoms with Crippen molar-refractivity contribution in [3.05, 3.63) is 58.7 Å². The number of aliphatic hydroxyl groups excluding tert-OH is 1. The number of methoxy groups -OCH3 is 4. The summed E-state index contributed by atoms with van der Waals surface area (Å²) in [6.07, 6.45) is 0.537. The standard InChI is InChI=1S/C25H29NO7/c1-15-13-17(8-9-18(15)31-3)23(27)21-22(16-7-10-19(32-4)20(14-16)33-5)26(11-6-12-30-2)25(29)24(21)28/h7-10,13-14,22,27H,6,11-12H2,1-5H3/b23-21+/t22-/m0/s1. The lowest BCUT2D eigenvalue weighted by Gasteiger charge is -2.26. The van der Waals surface area contributed by atoms with Gasteiger partial charge in [0, 0.05) is 25.8 Å². The highest BCUT2D eigenvalue weighted by Gasteiger charge is 2.46. The number of hydrogen-bond acceptors (Lipinski definition) is 7. The lowest BCUT2D eigenvalue weighted by Crippen LogP contribution is -2.31. The van der Waals surface area contributed by atoms with E-state index in [0.29, 0.717) is 41.4 Å². The smallest absolute Gasteiger partial charge is 0.295 e. The van der Waals surface area contributed by atoms with E-state index in [2.05, 4.69) is 0 Å². The minimum Gasteiger partial charge on any atom is -0.507 e. The minimum absolute atomic E-state index is 0.0224. The van der Waals surface area contributed by atoms with Crippen molar-refractivity contribution in [2.45, 2.75) is 19.4 Å². The first-order chi connectivity index (χ1) is 15.9. The number of rotatable bonds is 9. The number of ketones is 1. The van der Waals surface area contributed by atoms with Gasteiger partial charge in [-0.3, -0.25) is 9.59 Å². The Bertz CT molecular complexity index is 1080. The van der Waals surface area contributed by atoms with E-state index in [1.165, 1.54) is 19.1 Å². The molecule has 0 spiro atoms. The Balaban J connectivity index is 2.17. The van der Waals surface area contributed by atoms with Crippen LogP contribution in [0.5, 0.6) is 17.2 Å². The molecule has 1 aliphatic rings. The molecule has 0 unspecified atom stereocenters. The molecule has 176 valence electrons. The molecule has 0 aliphatic carbocycles. The average Bonchev–Trinajstić information content (AvgIpc) is 3.08. The van der Waals surface area contributed by atoms with E-state index in [1.54, 1.807) is 50.6 Å². The van der Waals surface area contributed by atoms with Crippen molar-refractivity contribution in [3.63, 3.8) is 0 Å². The molecule has 1 amide bonds. The fourth-order valence-corrected chi connectivity index (χ4v) is 4.04. The molecule has 1 heterocycles. The summed E-state index contributed by atoms with van der Waals surface area (Å²) in [5.41, 5.74) is 1.86. The Labute approximate surface area is 193 Å². The van der Waals surface area contributed by atoms with Crippen molar-refractivity contribution >= 4 is 17.4 Å². The summed E-state index contributed by atoms with van der Waals surface area (Å²) in [7, 11) is 6.17.